The third-order valence-corrected chi connectivity index (χ3v) is 12.1. The zero-order valence-corrected chi connectivity index (χ0v) is 35.6. The molecule has 0 aliphatic carbocycles. The van der Waals surface area contributed by atoms with Crippen LogP contribution >= 0.6 is 0 Å². The number of nitrogens with one attached hydrogen (secondary N) is 1. The minimum Gasteiger partial charge on any atom is -0.491 e. The Morgan fingerprint density at radius 1 is 0.815 bits per heavy atom. The van der Waals surface area contributed by atoms with Gasteiger partial charge in [-0.05, 0) is 46.5 Å². The Bertz CT molecular complexity index is 2570. The molecule has 0 bridgehead atoms. The average molecular weight is 880 g/mol. The van der Waals surface area contributed by atoms with Crippen LogP contribution in [-0.4, -0.2) is 96.8 Å². The van der Waals surface area contributed by atoms with Gasteiger partial charge in [-0.25, -0.2) is 9.69 Å². The van der Waals surface area contributed by atoms with Gasteiger partial charge in [-0.3, -0.25) is 19.3 Å². The summed E-state index contributed by atoms with van der Waals surface area (Å²) in [4.78, 5) is 64.4. The molecule has 3 amide bonds. The normalized spacial score (nSPS) is 22.6. The van der Waals surface area contributed by atoms with Crippen molar-refractivity contribution in [2.75, 3.05) is 51.6 Å². The first-order valence-electron chi connectivity index (χ1n) is 21.4. The van der Waals surface area contributed by atoms with E-state index in [0.29, 0.717) is 27.8 Å². The van der Waals surface area contributed by atoms with Gasteiger partial charge in [0.2, 0.25) is 11.8 Å². The third kappa shape index (κ3) is 8.36. The van der Waals surface area contributed by atoms with E-state index in [4.69, 9.17) is 18.9 Å². The number of cyclic esters (lactones) is 1. The first-order chi connectivity index (χ1) is 31.8. The maximum atomic E-state index is 16.3. The summed E-state index contributed by atoms with van der Waals surface area (Å²) in [5.74, 6) is 2.12. The largest absolute Gasteiger partial charge is 0.491 e. The van der Waals surface area contributed by atoms with Crippen LogP contribution < -0.4 is 15.0 Å². The molecule has 2 fully saturated rings. The van der Waals surface area contributed by atoms with E-state index in [1.807, 2.05) is 65.6 Å². The fourth-order valence-electron chi connectivity index (χ4n) is 9.53. The molecular formula is C51H49N3O11. The summed E-state index contributed by atoms with van der Waals surface area (Å²) in [5, 5.41) is 33.9. The van der Waals surface area contributed by atoms with Gasteiger partial charge in [-0.2, -0.15) is 0 Å². The Balaban J connectivity index is 1.45. The lowest BCUT2D eigenvalue weighted by Crippen LogP contribution is -2.56. The number of aliphatic hydroxyl groups excluding tert-OH is 3. The van der Waals surface area contributed by atoms with Crippen LogP contribution in [0.15, 0.2) is 133 Å². The van der Waals surface area contributed by atoms with Crippen LogP contribution in [0.1, 0.15) is 64.1 Å². The standard InChI is InChI=1S/C51H49N3O11/c1-62-29-30-64-50(61)53-39-25-24-33(15-13-14-26-55)31-38(39)51(49(53)60)42(47(58)52-32-40(57)34-16-5-2-6-17-34)44-48(59)65-45(36-20-9-4-10-21-36)43(35-18-7-3-8-19-35)54(44)46(51)37-22-11-12-23-41(37)63-28-27-56/h2-12,16-25,31,40,42-46,55-57H,14,26-30,32H2,1H3,(H,52,58)/t40-,42+,43+,44+,45-,46-,51+/m0/s1. The molecule has 0 saturated carbocycles. The molecule has 334 valence electrons. The number of nitrogens with zero attached hydrogens (tertiary/aromatic N) is 2. The highest BCUT2D eigenvalue weighted by atomic mass is 16.6. The molecule has 5 aromatic rings. The quantitative estimate of drug-likeness (QED) is 0.0660. The second-order valence-corrected chi connectivity index (χ2v) is 15.8. The number of hydrogen-bond donors (Lipinski definition) is 4. The number of carbonyl (C=O) groups is 4. The maximum Gasteiger partial charge on any atom is 0.421 e. The van der Waals surface area contributed by atoms with Crippen LogP contribution in [0, 0.1) is 17.8 Å². The number of amides is 3. The fraction of sp³-hybridized carbons (Fsp3) is 0.294. The van der Waals surface area contributed by atoms with Gasteiger partial charge >= 0.3 is 12.1 Å². The lowest BCUT2D eigenvalue weighted by Gasteiger charge is -2.46. The Hall–Kier alpha value is -6.86. The molecule has 14 heteroatoms. The van der Waals surface area contributed by atoms with E-state index in [9.17, 15) is 20.1 Å². The van der Waals surface area contributed by atoms with E-state index in [2.05, 4.69) is 17.2 Å². The molecule has 0 aromatic heterocycles. The Kier molecular flexibility index (Phi) is 13.7. The van der Waals surface area contributed by atoms with Crippen molar-refractivity contribution in [2.24, 2.45) is 5.92 Å². The summed E-state index contributed by atoms with van der Waals surface area (Å²) in [5.41, 5.74) is 0.759. The molecule has 5 aromatic carbocycles. The number of morpholine rings is 1. The molecule has 3 aliphatic heterocycles. The van der Waals surface area contributed by atoms with Gasteiger partial charge in [0.25, 0.3) is 0 Å². The second-order valence-electron chi connectivity index (χ2n) is 15.8. The van der Waals surface area contributed by atoms with Crippen molar-refractivity contribution in [3.63, 3.8) is 0 Å². The highest BCUT2D eigenvalue weighted by molar-refractivity contribution is 6.23. The topological polar surface area (TPSA) is 184 Å². The smallest absolute Gasteiger partial charge is 0.421 e. The number of esters is 1. The molecule has 8 rings (SSSR count). The Labute approximate surface area is 376 Å². The average Bonchev–Trinajstić information content (AvgIpc) is 3.79. The molecule has 1 spiro atoms. The Morgan fingerprint density at radius 2 is 1.49 bits per heavy atom. The first kappa shape index (κ1) is 44.7. The molecule has 0 radical (unpaired) electrons. The van der Waals surface area contributed by atoms with Crippen LogP contribution in [0.5, 0.6) is 5.75 Å². The summed E-state index contributed by atoms with van der Waals surface area (Å²) >= 11 is 0. The maximum absolute atomic E-state index is 16.3. The van der Waals surface area contributed by atoms with Crippen molar-refractivity contribution in [1.82, 2.24) is 10.2 Å². The SMILES string of the molecule is COCCOC(=O)N1C(=O)[C@@]2(c3cc(C#CCCO)ccc31)[C@H](c1ccccc1OCCO)N1[C@H](c3ccccc3)[C@H](c3ccccc3)OC(=O)[C@H]1[C@@H]2C(=O)NC[C@H](O)c1ccccc1. The summed E-state index contributed by atoms with van der Waals surface area (Å²) in [6.07, 6.45) is -3.05. The number of aliphatic hydroxyl groups is 3. The van der Waals surface area contributed by atoms with Gasteiger partial charge in [0.05, 0.1) is 49.6 Å². The van der Waals surface area contributed by atoms with Gasteiger partial charge in [-0.1, -0.05) is 121 Å². The predicted octanol–water partition coefficient (Wildman–Crippen LogP) is 5.09. The highest BCUT2D eigenvalue weighted by Crippen LogP contribution is 2.66. The number of hydrogen-bond acceptors (Lipinski definition) is 12. The lowest BCUT2D eigenvalue weighted by atomic mass is 9.65. The van der Waals surface area contributed by atoms with Gasteiger partial charge in [0, 0.05) is 31.2 Å². The van der Waals surface area contributed by atoms with Crippen molar-refractivity contribution in [3.05, 3.63) is 167 Å². The lowest BCUT2D eigenvalue weighted by molar-refractivity contribution is -0.178. The number of imide groups is 1. The number of ether oxygens (including phenoxy) is 4. The van der Waals surface area contributed by atoms with E-state index >= 15 is 14.4 Å². The van der Waals surface area contributed by atoms with Crippen LogP contribution in [-0.2, 0) is 34.0 Å². The molecule has 3 heterocycles. The van der Waals surface area contributed by atoms with E-state index in [-0.39, 0.29) is 63.0 Å². The summed E-state index contributed by atoms with van der Waals surface area (Å²) in [7, 11) is 1.44. The number of para-hydroxylation sites is 1. The van der Waals surface area contributed by atoms with Crippen LogP contribution in [0.3, 0.4) is 0 Å². The number of carbonyl (C=O) groups excluding carboxylic acids is 4. The molecule has 7 atom stereocenters. The molecule has 14 nitrogen and oxygen atoms in total. The van der Waals surface area contributed by atoms with Crippen molar-refractivity contribution in [3.8, 4) is 17.6 Å². The van der Waals surface area contributed by atoms with E-state index in [0.717, 1.165) is 4.90 Å². The second kappa shape index (κ2) is 19.9. The van der Waals surface area contributed by atoms with Gasteiger partial charge in [0.1, 0.15) is 36.5 Å². The predicted molar refractivity (Wildman–Crippen MR) is 237 cm³/mol. The summed E-state index contributed by atoms with van der Waals surface area (Å²) < 4.78 is 23.5. The number of benzene rings is 5. The van der Waals surface area contributed by atoms with Gasteiger partial charge < -0.3 is 39.6 Å². The molecule has 65 heavy (non-hydrogen) atoms. The van der Waals surface area contributed by atoms with Crippen molar-refractivity contribution < 1.29 is 53.4 Å². The first-order valence-corrected chi connectivity index (χ1v) is 21.4. The number of rotatable bonds is 14. The Morgan fingerprint density at radius 3 is 2.18 bits per heavy atom. The molecule has 3 aliphatic rings. The highest BCUT2D eigenvalue weighted by Gasteiger charge is 2.76. The monoisotopic (exact) mass is 879 g/mol. The number of anilines is 1. The van der Waals surface area contributed by atoms with Crippen molar-refractivity contribution in [1.29, 1.82) is 0 Å². The van der Waals surface area contributed by atoms with Crippen molar-refractivity contribution in [2.45, 2.75) is 42.2 Å². The number of fused-ring (bicyclic) bond motifs is 3. The molecule has 4 N–H and O–H groups in total. The molecule has 2 saturated heterocycles. The zero-order valence-electron chi connectivity index (χ0n) is 35.6. The summed E-state index contributed by atoms with van der Waals surface area (Å²) in [6.45, 7) is -1.16. The number of methoxy groups -OCH3 is 1. The van der Waals surface area contributed by atoms with E-state index in [1.165, 1.54) is 7.11 Å². The van der Waals surface area contributed by atoms with Gasteiger partial charge in [-0.15, -0.1) is 0 Å². The minimum absolute atomic E-state index is 0.0272. The molecular weight excluding hydrogens is 831 g/mol. The van der Waals surface area contributed by atoms with Gasteiger partial charge in [0.15, 0.2) is 0 Å². The summed E-state index contributed by atoms with van der Waals surface area (Å²) in [6, 6.07) is 35.3. The van der Waals surface area contributed by atoms with Crippen LogP contribution in [0.2, 0.25) is 0 Å². The molecule has 0 unspecified atom stereocenters. The third-order valence-electron chi connectivity index (χ3n) is 12.1. The zero-order chi connectivity index (χ0) is 45.5. The van der Waals surface area contributed by atoms with Crippen LogP contribution in [0.25, 0.3) is 0 Å². The fourth-order valence-corrected chi connectivity index (χ4v) is 9.53. The van der Waals surface area contributed by atoms with E-state index in [1.54, 1.807) is 72.8 Å². The van der Waals surface area contributed by atoms with E-state index < -0.39 is 65.5 Å². The van der Waals surface area contributed by atoms with Crippen LogP contribution in [0.4, 0.5) is 10.5 Å². The van der Waals surface area contributed by atoms with Crippen molar-refractivity contribution >= 4 is 29.6 Å². The minimum atomic E-state index is -2.16.